The fourth-order valence-corrected chi connectivity index (χ4v) is 8.05. The summed E-state index contributed by atoms with van der Waals surface area (Å²) in [5.41, 5.74) is -0.487. The zero-order valence-corrected chi connectivity index (χ0v) is 21.7. The Bertz CT molecular complexity index is 915. The number of ether oxygens (including phenoxy) is 3. The average Bonchev–Trinajstić information content (AvgIpc) is 3.57. The second-order valence-corrected chi connectivity index (χ2v) is 12.4. The highest BCUT2D eigenvalue weighted by Gasteiger charge is 2.66. The molecule has 7 atom stereocenters. The van der Waals surface area contributed by atoms with Gasteiger partial charge in [-0.05, 0) is 68.1 Å². The van der Waals surface area contributed by atoms with Crippen molar-refractivity contribution >= 4 is 11.9 Å². The maximum atomic E-state index is 12.6. The molecule has 200 valence electrons. The SMILES string of the molecule is C[C@]12CC[C@@H](O)[C@@](C)(CO)C1CC[C@]1(CO1)C2C/C=C1/C(=O)OC[C@H]1OC(=O)/C=C/C1CCCCC1. The Morgan fingerprint density at radius 1 is 1.14 bits per heavy atom. The number of aliphatic hydroxyl groups is 2. The summed E-state index contributed by atoms with van der Waals surface area (Å²) in [5.74, 6) is -0.124. The van der Waals surface area contributed by atoms with Gasteiger partial charge in [0.1, 0.15) is 6.61 Å². The topological polar surface area (TPSA) is 106 Å². The summed E-state index contributed by atoms with van der Waals surface area (Å²) in [6, 6.07) is 0. The van der Waals surface area contributed by atoms with Crippen LogP contribution in [-0.4, -0.2) is 59.8 Å². The lowest BCUT2D eigenvalue weighted by atomic mass is 9.45. The van der Waals surface area contributed by atoms with Crippen LogP contribution in [0.15, 0.2) is 23.8 Å². The molecule has 2 N–H and O–H groups in total. The Kier molecular flexibility index (Phi) is 7.12. The molecule has 1 spiro atoms. The summed E-state index contributed by atoms with van der Waals surface area (Å²) in [5, 5.41) is 21.0. The third-order valence-corrected chi connectivity index (χ3v) is 10.4. The molecule has 5 fully saturated rings. The average molecular weight is 503 g/mol. The van der Waals surface area contributed by atoms with Gasteiger partial charge in [-0.25, -0.2) is 9.59 Å². The van der Waals surface area contributed by atoms with Crippen molar-refractivity contribution < 1.29 is 34.0 Å². The second kappa shape index (κ2) is 9.88. The van der Waals surface area contributed by atoms with E-state index in [1.54, 1.807) is 0 Å². The molecule has 2 unspecified atom stereocenters. The quantitative estimate of drug-likeness (QED) is 0.323. The zero-order valence-electron chi connectivity index (χ0n) is 21.7. The predicted octanol–water partition coefficient (Wildman–Crippen LogP) is 3.86. The molecular formula is C29H42O7. The van der Waals surface area contributed by atoms with Crippen LogP contribution in [0.1, 0.15) is 78.1 Å². The van der Waals surface area contributed by atoms with Crippen LogP contribution in [0.25, 0.3) is 0 Å². The number of aliphatic hydroxyl groups excluding tert-OH is 2. The van der Waals surface area contributed by atoms with Gasteiger partial charge in [-0.3, -0.25) is 0 Å². The van der Waals surface area contributed by atoms with Crippen molar-refractivity contribution in [3.8, 4) is 0 Å². The lowest BCUT2D eigenvalue weighted by Crippen LogP contribution is -2.60. The molecule has 5 rings (SSSR count). The van der Waals surface area contributed by atoms with Gasteiger partial charge in [0.2, 0.25) is 0 Å². The number of epoxide rings is 1. The highest BCUT2D eigenvalue weighted by molar-refractivity contribution is 5.93. The Balaban J connectivity index is 1.31. The number of hydrogen-bond donors (Lipinski definition) is 2. The summed E-state index contributed by atoms with van der Waals surface area (Å²) in [4.78, 5) is 25.1. The van der Waals surface area contributed by atoms with Crippen molar-refractivity contribution in [2.24, 2.45) is 28.6 Å². The van der Waals surface area contributed by atoms with Crippen LogP contribution in [0.4, 0.5) is 0 Å². The molecule has 0 bridgehead atoms. The van der Waals surface area contributed by atoms with Crippen molar-refractivity contribution in [3.05, 3.63) is 23.8 Å². The van der Waals surface area contributed by atoms with Crippen molar-refractivity contribution in [2.45, 2.75) is 95.9 Å². The van der Waals surface area contributed by atoms with Gasteiger partial charge in [-0.15, -0.1) is 0 Å². The van der Waals surface area contributed by atoms with E-state index in [1.165, 1.54) is 25.3 Å². The van der Waals surface area contributed by atoms with Crippen LogP contribution in [0.2, 0.25) is 0 Å². The van der Waals surface area contributed by atoms with Gasteiger partial charge in [0.05, 0.1) is 30.5 Å². The van der Waals surface area contributed by atoms with Crippen LogP contribution >= 0.6 is 0 Å². The molecule has 7 nitrogen and oxygen atoms in total. The number of allylic oxidation sites excluding steroid dienone is 2. The van der Waals surface area contributed by atoms with Gasteiger partial charge in [0.15, 0.2) is 6.10 Å². The predicted molar refractivity (Wildman–Crippen MR) is 133 cm³/mol. The van der Waals surface area contributed by atoms with Gasteiger partial charge in [-0.1, -0.05) is 45.3 Å². The number of hydrogen-bond acceptors (Lipinski definition) is 7. The van der Waals surface area contributed by atoms with Gasteiger partial charge >= 0.3 is 11.9 Å². The van der Waals surface area contributed by atoms with Gasteiger partial charge in [0.25, 0.3) is 0 Å². The van der Waals surface area contributed by atoms with E-state index in [1.807, 2.05) is 19.1 Å². The number of fused-ring (bicyclic) bond motifs is 1. The minimum absolute atomic E-state index is 0.0468. The Labute approximate surface area is 214 Å². The first-order chi connectivity index (χ1) is 17.2. The first kappa shape index (κ1) is 25.9. The van der Waals surface area contributed by atoms with Gasteiger partial charge < -0.3 is 24.4 Å². The monoisotopic (exact) mass is 502 g/mol. The van der Waals surface area contributed by atoms with E-state index < -0.39 is 29.6 Å². The van der Waals surface area contributed by atoms with Crippen LogP contribution in [0.3, 0.4) is 0 Å². The lowest BCUT2D eigenvalue weighted by molar-refractivity contribution is -0.175. The molecule has 0 aromatic rings. The Morgan fingerprint density at radius 3 is 2.58 bits per heavy atom. The Morgan fingerprint density at radius 2 is 1.89 bits per heavy atom. The summed E-state index contributed by atoms with van der Waals surface area (Å²) >= 11 is 0. The summed E-state index contributed by atoms with van der Waals surface area (Å²) in [7, 11) is 0. The third-order valence-electron chi connectivity index (χ3n) is 10.4. The standard InChI is InChI=1S/C29H42O7/c1-27-14-13-24(31)28(2,17-30)22(27)12-15-29(18-35-29)23(27)10-9-20-21(16-34-26(20)33)36-25(32)11-8-19-6-4-3-5-7-19/h8-9,11,19,21-24,30-31H,3-7,10,12-18H2,1-2H3/b11-8+,20-9+/t21-,22?,23?,24-,27+,28+,29+/m1/s1. The molecule has 0 radical (unpaired) electrons. The van der Waals surface area contributed by atoms with E-state index >= 15 is 0 Å². The van der Waals surface area contributed by atoms with Gasteiger partial charge in [-0.2, -0.15) is 0 Å². The van der Waals surface area contributed by atoms with Crippen LogP contribution in [-0.2, 0) is 23.8 Å². The first-order valence-corrected chi connectivity index (χ1v) is 13.9. The zero-order chi connectivity index (χ0) is 25.6. The molecule has 3 aliphatic carbocycles. The lowest BCUT2D eigenvalue weighted by Gasteiger charge is -2.60. The highest BCUT2D eigenvalue weighted by Crippen LogP contribution is 2.66. The fourth-order valence-electron chi connectivity index (χ4n) is 8.05. The summed E-state index contributed by atoms with van der Waals surface area (Å²) in [6.07, 6.45) is 13.9. The van der Waals surface area contributed by atoms with Crippen LogP contribution < -0.4 is 0 Å². The van der Waals surface area contributed by atoms with Crippen molar-refractivity contribution in [3.63, 3.8) is 0 Å². The molecule has 0 aromatic carbocycles. The molecule has 2 saturated heterocycles. The molecule has 7 heteroatoms. The molecule has 0 aromatic heterocycles. The van der Waals surface area contributed by atoms with Crippen LogP contribution in [0.5, 0.6) is 0 Å². The fraction of sp³-hybridized carbons (Fsp3) is 0.793. The minimum Gasteiger partial charge on any atom is -0.458 e. The normalized spacial score (nSPS) is 44.1. The van der Waals surface area contributed by atoms with E-state index in [4.69, 9.17) is 14.2 Å². The van der Waals surface area contributed by atoms with Gasteiger partial charge in [0, 0.05) is 11.5 Å². The van der Waals surface area contributed by atoms with Crippen molar-refractivity contribution in [1.29, 1.82) is 0 Å². The van der Waals surface area contributed by atoms with E-state index in [-0.39, 0.29) is 36.1 Å². The van der Waals surface area contributed by atoms with E-state index in [0.717, 1.165) is 32.1 Å². The van der Waals surface area contributed by atoms with Crippen molar-refractivity contribution in [1.82, 2.24) is 0 Å². The minimum atomic E-state index is -0.694. The molecular weight excluding hydrogens is 460 g/mol. The number of esters is 2. The molecule has 0 amide bonds. The van der Waals surface area contributed by atoms with E-state index in [0.29, 0.717) is 30.9 Å². The molecule has 5 aliphatic rings. The van der Waals surface area contributed by atoms with E-state index in [9.17, 15) is 19.8 Å². The van der Waals surface area contributed by atoms with Crippen LogP contribution in [0, 0.1) is 28.6 Å². The summed E-state index contributed by atoms with van der Waals surface area (Å²) in [6.45, 7) is 4.98. The number of carbonyl (C=O) groups excluding carboxylic acids is 2. The maximum absolute atomic E-state index is 12.6. The maximum Gasteiger partial charge on any atom is 0.337 e. The largest absolute Gasteiger partial charge is 0.458 e. The Hall–Kier alpha value is -1.70. The highest BCUT2D eigenvalue weighted by atomic mass is 16.6. The molecule has 2 heterocycles. The second-order valence-electron chi connectivity index (χ2n) is 12.4. The first-order valence-electron chi connectivity index (χ1n) is 13.9. The summed E-state index contributed by atoms with van der Waals surface area (Å²) < 4.78 is 17.0. The van der Waals surface area contributed by atoms with E-state index in [2.05, 4.69) is 6.92 Å². The number of rotatable bonds is 6. The molecule has 36 heavy (non-hydrogen) atoms. The van der Waals surface area contributed by atoms with Crippen molar-refractivity contribution in [2.75, 3.05) is 19.8 Å². The third kappa shape index (κ3) is 4.56. The number of carbonyl (C=O) groups is 2. The smallest absolute Gasteiger partial charge is 0.337 e. The molecule has 2 aliphatic heterocycles. The number of cyclic esters (lactones) is 1. The molecule has 3 saturated carbocycles.